The number of carbonyl (C=O) groups excluding carboxylic acids is 1. The van der Waals surface area contributed by atoms with E-state index in [1.165, 1.54) is 22.2 Å². The number of amides is 1. The van der Waals surface area contributed by atoms with E-state index in [2.05, 4.69) is 15.4 Å². The Balaban J connectivity index is 1.61. The normalized spacial score (nSPS) is 10.6. The molecular formula is C17H17N5O4S. The van der Waals surface area contributed by atoms with Gasteiger partial charge in [0.15, 0.2) is 5.13 Å². The van der Waals surface area contributed by atoms with Crippen LogP contribution in [0.5, 0.6) is 5.75 Å². The molecule has 0 aliphatic heterocycles. The van der Waals surface area contributed by atoms with Crippen molar-refractivity contribution in [3.63, 3.8) is 0 Å². The Kier molecular flexibility index (Phi) is 5.46. The summed E-state index contributed by atoms with van der Waals surface area (Å²) in [4.78, 5) is 27.7. The number of hydrogen-bond acceptors (Lipinski definition) is 7. The predicted molar refractivity (Wildman–Crippen MR) is 101 cm³/mol. The van der Waals surface area contributed by atoms with E-state index in [0.717, 1.165) is 28.1 Å². The molecule has 140 valence electrons. The molecule has 2 aromatic heterocycles. The number of ether oxygens (including phenoxy) is 1. The zero-order chi connectivity index (χ0) is 19.4. The number of hydrogen-bond donors (Lipinski definition) is 1. The van der Waals surface area contributed by atoms with Crippen molar-refractivity contribution < 1.29 is 14.5 Å². The average molecular weight is 387 g/mol. The molecule has 0 unspecified atom stereocenters. The highest BCUT2D eigenvalue weighted by Gasteiger charge is 2.13. The Hall–Kier alpha value is -3.27. The van der Waals surface area contributed by atoms with Gasteiger partial charge in [-0.25, -0.2) is 4.98 Å². The largest absolute Gasteiger partial charge is 0.497 e. The van der Waals surface area contributed by atoms with Crippen molar-refractivity contribution in [3.8, 4) is 17.0 Å². The van der Waals surface area contributed by atoms with Crippen LogP contribution in [0.1, 0.15) is 11.3 Å². The molecule has 0 spiro atoms. The fourth-order valence-electron chi connectivity index (χ4n) is 2.43. The Bertz CT molecular complexity index is 964. The number of nitrogens with one attached hydrogen (secondary N) is 1. The molecule has 0 radical (unpaired) electrons. The molecule has 27 heavy (non-hydrogen) atoms. The summed E-state index contributed by atoms with van der Waals surface area (Å²) in [6.07, 6.45) is 2.58. The van der Waals surface area contributed by atoms with Gasteiger partial charge in [-0.3, -0.25) is 19.6 Å². The molecule has 1 amide bonds. The molecule has 0 bridgehead atoms. The lowest BCUT2D eigenvalue weighted by Crippen LogP contribution is -2.14. The molecular weight excluding hydrogens is 370 g/mol. The van der Waals surface area contributed by atoms with Crippen LogP contribution in [0, 0.1) is 17.0 Å². The summed E-state index contributed by atoms with van der Waals surface area (Å²) in [5, 5.41) is 17.8. The molecule has 1 N–H and O–H groups in total. The summed E-state index contributed by atoms with van der Waals surface area (Å²) in [5.41, 5.74) is 1.64. The van der Waals surface area contributed by atoms with Gasteiger partial charge in [-0.1, -0.05) is 0 Å². The molecule has 0 aliphatic rings. The first-order valence-electron chi connectivity index (χ1n) is 8.05. The van der Waals surface area contributed by atoms with Crippen LogP contribution in [-0.4, -0.2) is 32.7 Å². The van der Waals surface area contributed by atoms with E-state index >= 15 is 0 Å². The molecule has 3 rings (SSSR count). The van der Waals surface area contributed by atoms with Gasteiger partial charge in [0.25, 0.3) is 0 Å². The fraction of sp³-hybridized carbons (Fsp3) is 0.235. The first-order valence-corrected chi connectivity index (χ1v) is 8.86. The molecule has 2 heterocycles. The van der Waals surface area contributed by atoms with Crippen LogP contribution in [0.15, 0.2) is 36.7 Å². The lowest BCUT2D eigenvalue weighted by Gasteiger charge is -2.02. The summed E-state index contributed by atoms with van der Waals surface area (Å²) >= 11 is 1.39. The monoisotopic (exact) mass is 387 g/mol. The molecule has 0 fully saturated rings. The molecule has 3 aromatic rings. The van der Waals surface area contributed by atoms with Crippen LogP contribution in [0.4, 0.5) is 10.8 Å². The van der Waals surface area contributed by atoms with Crippen LogP contribution in [0.3, 0.4) is 0 Å². The van der Waals surface area contributed by atoms with Gasteiger partial charge in [-0.2, -0.15) is 5.10 Å². The zero-order valence-electron chi connectivity index (χ0n) is 14.7. The highest BCUT2D eigenvalue weighted by Crippen LogP contribution is 2.31. The molecule has 0 aliphatic carbocycles. The SMILES string of the molecule is COc1ccc(-c2nc(NC(=O)CCn3cc([N+](=O)[O-])cn3)sc2C)cc1. The fourth-order valence-corrected chi connectivity index (χ4v) is 3.29. The summed E-state index contributed by atoms with van der Waals surface area (Å²) in [5.74, 6) is 0.530. The minimum atomic E-state index is -0.525. The highest BCUT2D eigenvalue weighted by atomic mass is 32.1. The number of carbonyl (C=O) groups is 1. The maximum absolute atomic E-state index is 12.1. The third kappa shape index (κ3) is 4.47. The van der Waals surface area contributed by atoms with Crippen molar-refractivity contribution in [2.45, 2.75) is 19.9 Å². The van der Waals surface area contributed by atoms with Gasteiger partial charge in [0.1, 0.15) is 18.1 Å². The number of nitrogens with zero attached hydrogens (tertiary/aromatic N) is 4. The lowest BCUT2D eigenvalue weighted by atomic mass is 10.1. The van der Waals surface area contributed by atoms with E-state index < -0.39 is 4.92 Å². The standard InChI is InChI=1S/C17H17N5O4S/c1-11-16(12-3-5-14(26-2)6-4-12)20-17(27-11)19-15(23)7-8-21-10-13(9-18-21)22(24)25/h3-6,9-10H,7-8H2,1-2H3,(H,19,20,23). The molecule has 9 nitrogen and oxygen atoms in total. The summed E-state index contributed by atoms with van der Waals surface area (Å²) in [6, 6.07) is 7.54. The first kappa shape index (κ1) is 18.5. The van der Waals surface area contributed by atoms with Gasteiger partial charge in [-0.05, 0) is 31.2 Å². The lowest BCUT2D eigenvalue weighted by molar-refractivity contribution is -0.385. The Labute approximate surface area is 158 Å². The second-order valence-electron chi connectivity index (χ2n) is 5.67. The van der Waals surface area contributed by atoms with Crippen LogP contribution in [0.2, 0.25) is 0 Å². The number of aryl methyl sites for hydroxylation is 2. The quantitative estimate of drug-likeness (QED) is 0.492. The number of rotatable bonds is 7. The van der Waals surface area contributed by atoms with Gasteiger partial charge in [0, 0.05) is 23.4 Å². The molecule has 0 saturated carbocycles. The van der Waals surface area contributed by atoms with Gasteiger partial charge in [0.05, 0.1) is 17.7 Å². The number of aromatic nitrogens is 3. The number of anilines is 1. The minimum Gasteiger partial charge on any atom is -0.497 e. The third-order valence-electron chi connectivity index (χ3n) is 3.80. The Morgan fingerprint density at radius 3 is 2.74 bits per heavy atom. The zero-order valence-corrected chi connectivity index (χ0v) is 15.5. The van der Waals surface area contributed by atoms with E-state index in [1.807, 2.05) is 31.2 Å². The van der Waals surface area contributed by atoms with E-state index in [4.69, 9.17) is 4.74 Å². The second-order valence-corrected chi connectivity index (χ2v) is 6.87. The third-order valence-corrected chi connectivity index (χ3v) is 4.69. The van der Waals surface area contributed by atoms with Crippen LogP contribution >= 0.6 is 11.3 Å². The first-order chi connectivity index (χ1) is 13.0. The molecule has 0 saturated heterocycles. The van der Waals surface area contributed by atoms with Crippen molar-refractivity contribution in [3.05, 3.63) is 51.7 Å². The van der Waals surface area contributed by atoms with E-state index in [0.29, 0.717) is 5.13 Å². The highest BCUT2D eigenvalue weighted by molar-refractivity contribution is 7.16. The molecule has 1 aromatic carbocycles. The number of nitro groups is 1. The number of thiazole rings is 1. The van der Waals surface area contributed by atoms with Crippen molar-refractivity contribution in [1.29, 1.82) is 0 Å². The van der Waals surface area contributed by atoms with Crippen molar-refractivity contribution in [2.24, 2.45) is 0 Å². The van der Waals surface area contributed by atoms with Crippen molar-refractivity contribution in [1.82, 2.24) is 14.8 Å². The molecule has 0 atom stereocenters. The van der Waals surface area contributed by atoms with Gasteiger partial charge in [0.2, 0.25) is 5.91 Å². The van der Waals surface area contributed by atoms with Crippen LogP contribution in [0.25, 0.3) is 11.3 Å². The van der Waals surface area contributed by atoms with E-state index in [9.17, 15) is 14.9 Å². The van der Waals surface area contributed by atoms with Gasteiger partial charge in [-0.15, -0.1) is 11.3 Å². The van der Waals surface area contributed by atoms with Crippen LogP contribution in [-0.2, 0) is 11.3 Å². The maximum Gasteiger partial charge on any atom is 0.306 e. The predicted octanol–water partition coefficient (Wildman–Crippen LogP) is 3.26. The Morgan fingerprint density at radius 1 is 1.37 bits per heavy atom. The summed E-state index contributed by atoms with van der Waals surface area (Å²) in [6.45, 7) is 2.19. The summed E-state index contributed by atoms with van der Waals surface area (Å²) < 4.78 is 6.52. The topological polar surface area (TPSA) is 112 Å². The second kappa shape index (κ2) is 7.96. The van der Waals surface area contributed by atoms with Crippen LogP contribution < -0.4 is 10.1 Å². The van der Waals surface area contributed by atoms with Crippen molar-refractivity contribution >= 4 is 28.1 Å². The maximum atomic E-state index is 12.1. The average Bonchev–Trinajstić information content (AvgIpc) is 3.27. The minimum absolute atomic E-state index is 0.102. The smallest absolute Gasteiger partial charge is 0.306 e. The van der Waals surface area contributed by atoms with E-state index in [-0.39, 0.29) is 24.6 Å². The van der Waals surface area contributed by atoms with E-state index in [1.54, 1.807) is 7.11 Å². The summed E-state index contributed by atoms with van der Waals surface area (Å²) in [7, 11) is 1.61. The van der Waals surface area contributed by atoms with Gasteiger partial charge >= 0.3 is 5.69 Å². The Morgan fingerprint density at radius 2 is 2.11 bits per heavy atom. The van der Waals surface area contributed by atoms with Gasteiger partial charge < -0.3 is 10.1 Å². The van der Waals surface area contributed by atoms with Crippen molar-refractivity contribution in [2.75, 3.05) is 12.4 Å². The number of benzene rings is 1. The number of methoxy groups -OCH3 is 1. The molecule has 10 heteroatoms.